The van der Waals surface area contributed by atoms with E-state index in [1.54, 1.807) is 0 Å². The topological polar surface area (TPSA) is 161 Å². The average molecular weight is 473 g/mol. The van der Waals surface area contributed by atoms with Crippen LogP contribution in [-0.4, -0.2) is 65.9 Å². The number of aliphatic hydroxyl groups is 1. The maximum absolute atomic E-state index is 11.9. The highest BCUT2D eigenvalue weighted by molar-refractivity contribution is 5.92. The molecule has 0 saturated carbocycles. The number of aliphatic hydroxyl groups excluding tert-OH is 1. The number of amides is 1. The largest absolute Gasteiger partial charge is 0.418 e. The van der Waals surface area contributed by atoms with Gasteiger partial charge in [0.25, 0.3) is 0 Å². The van der Waals surface area contributed by atoms with E-state index in [0.717, 1.165) is 0 Å². The number of ether oxygens (including phenoxy) is 1. The van der Waals surface area contributed by atoms with E-state index < -0.39 is 13.0 Å². The van der Waals surface area contributed by atoms with Crippen molar-refractivity contribution in [3.05, 3.63) is 0 Å². The van der Waals surface area contributed by atoms with Gasteiger partial charge in [0.1, 0.15) is 34.7 Å². The smallest absolute Gasteiger partial charge is 0.409 e. The Balaban J connectivity index is 3.86. The third-order valence-electron chi connectivity index (χ3n) is 4.66. The number of alkyl halides is 1. The van der Waals surface area contributed by atoms with Crippen LogP contribution in [0.2, 0.25) is 0 Å². The van der Waals surface area contributed by atoms with Crippen LogP contribution in [0, 0.1) is 0 Å². The van der Waals surface area contributed by atoms with Crippen molar-refractivity contribution in [3.63, 3.8) is 0 Å². The third-order valence-corrected chi connectivity index (χ3v) is 4.66. The summed E-state index contributed by atoms with van der Waals surface area (Å²) in [5, 5.41) is 10.8. The van der Waals surface area contributed by atoms with Gasteiger partial charge in [-0.05, 0) is 0 Å². The third kappa shape index (κ3) is 18.5. The van der Waals surface area contributed by atoms with Gasteiger partial charge in [-0.2, -0.15) is 0 Å². The molecule has 0 fully saturated rings. The van der Waals surface area contributed by atoms with E-state index in [1.807, 2.05) is 0 Å². The van der Waals surface area contributed by atoms with Gasteiger partial charge in [-0.1, -0.05) is 0 Å². The lowest BCUT2D eigenvalue weighted by Gasteiger charge is -2.04. The van der Waals surface area contributed by atoms with E-state index >= 15 is 0 Å². The minimum absolute atomic E-state index is 0.00149. The van der Waals surface area contributed by atoms with Gasteiger partial charge in [0.05, 0.1) is 0 Å². The van der Waals surface area contributed by atoms with E-state index in [2.05, 4.69) is 10.1 Å². The molecule has 11 heteroatoms. The van der Waals surface area contributed by atoms with Crippen molar-refractivity contribution in [2.45, 2.75) is 77.0 Å². The Hall–Kier alpha value is -2.82. The predicted octanol–water partition coefficient (Wildman–Crippen LogP) is 1.73. The van der Waals surface area contributed by atoms with E-state index in [-0.39, 0.29) is 125 Å². The summed E-state index contributed by atoms with van der Waals surface area (Å²) in [5.41, 5.74) is 0. The fourth-order valence-electron chi connectivity index (χ4n) is 2.67. The first-order valence-electron chi connectivity index (χ1n) is 10.9. The van der Waals surface area contributed by atoms with Crippen molar-refractivity contribution in [1.29, 1.82) is 0 Å². The van der Waals surface area contributed by atoms with Crippen LogP contribution < -0.4 is 5.32 Å². The van der Waals surface area contributed by atoms with Crippen molar-refractivity contribution < 1.29 is 47.8 Å². The first-order chi connectivity index (χ1) is 15.7. The number of carbonyl (C=O) groups excluding carboxylic acids is 7. The highest BCUT2D eigenvalue weighted by Crippen LogP contribution is 2.08. The summed E-state index contributed by atoms with van der Waals surface area (Å²) in [4.78, 5) is 80.9. The van der Waals surface area contributed by atoms with Crippen LogP contribution in [-0.2, 0) is 33.5 Å². The summed E-state index contributed by atoms with van der Waals surface area (Å²) in [5.74, 6) is -1.49. The number of alkyl carbamates (subject to hydrolysis) is 1. The highest BCUT2D eigenvalue weighted by Gasteiger charge is 2.13. The number of Topliss-reactive ketones (excluding diaryl/α,β-unsaturated/α-hetero) is 6. The van der Waals surface area contributed by atoms with Crippen LogP contribution in [0.1, 0.15) is 77.0 Å². The second kappa shape index (κ2) is 18.7. The quantitative estimate of drug-likeness (QED) is 0.253. The SMILES string of the molecule is O=C(CCO)CCC(=O)CCC(=O)CCC(=O)CCC(=O)CCC(=O)CCNC(=O)OCF. The van der Waals surface area contributed by atoms with Crippen LogP contribution in [0.5, 0.6) is 0 Å². The van der Waals surface area contributed by atoms with Crippen molar-refractivity contribution in [2.75, 3.05) is 20.0 Å². The van der Waals surface area contributed by atoms with Gasteiger partial charge in [-0.15, -0.1) is 0 Å². The van der Waals surface area contributed by atoms with Crippen molar-refractivity contribution in [3.8, 4) is 0 Å². The molecule has 2 N–H and O–H groups in total. The lowest BCUT2D eigenvalue weighted by molar-refractivity contribution is -0.128. The molecule has 0 aromatic heterocycles. The first kappa shape index (κ1) is 30.2. The van der Waals surface area contributed by atoms with Crippen molar-refractivity contribution in [2.24, 2.45) is 0 Å². The van der Waals surface area contributed by atoms with Gasteiger partial charge >= 0.3 is 6.09 Å². The minimum atomic E-state index is -1.27. The molecular formula is C22H32FNO9. The lowest BCUT2D eigenvalue weighted by Crippen LogP contribution is -2.26. The molecule has 33 heavy (non-hydrogen) atoms. The summed E-state index contributed by atoms with van der Waals surface area (Å²) < 4.78 is 15.7. The fourth-order valence-corrected chi connectivity index (χ4v) is 2.67. The molecule has 0 atom stereocenters. The lowest BCUT2D eigenvalue weighted by atomic mass is 10.0. The molecule has 0 saturated heterocycles. The highest BCUT2D eigenvalue weighted by atomic mass is 19.1. The summed E-state index contributed by atoms with van der Waals surface area (Å²) in [7, 11) is 0. The summed E-state index contributed by atoms with van der Waals surface area (Å²) in [6.07, 6.45) is -1.17. The standard InChI is InChI=1S/C22H32FNO9/c23-15-33-22(32)24-13-11-20(30)9-7-18(28)5-3-16(26)1-2-17(27)4-6-19(29)8-10-21(31)12-14-25/h25H,1-15H2,(H,24,32). The van der Waals surface area contributed by atoms with E-state index in [0.29, 0.717) is 0 Å². The summed E-state index contributed by atoms with van der Waals surface area (Å²) in [6.45, 7) is -1.56. The Morgan fingerprint density at radius 1 is 0.545 bits per heavy atom. The van der Waals surface area contributed by atoms with Gasteiger partial charge < -0.3 is 15.2 Å². The number of hydrogen-bond donors (Lipinski definition) is 2. The Morgan fingerprint density at radius 2 is 0.848 bits per heavy atom. The molecule has 0 radical (unpaired) electrons. The molecule has 186 valence electrons. The minimum Gasteiger partial charge on any atom is -0.418 e. The van der Waals surface area contributed by atoms with Gasteiger partial charge in [0.2, 0.25) is 6.86 Å². The maximum Gasteiger partial charge on any atom is 0.409 e. The van der Waals surface area contributed by atoms with Gasteiger partial charge in [-0.3, -0.25) is 28.8 Å². The molecule has 0 aromatic rings. The first-order valence-corrected chi connectivity index (χ1v) is 10.9. The molecule has 0 spiro atoms. The molecule has 0 aliphatic heterocycles. The van der Waals surface area contributed by atoms with Crippen molar-refractivity contribution >= 4 is 40.8 Å². The number of hydrogen-bond acceptors (Lipinski definition) is 9. The second-order valence-electron chi connectivity index (χ2n) is 7.42. The average Bonchev–Trinajstić information content (AvgIpc) is 2.77. The molecule has 0 bridgehead atoms. The van der Waals surface area contributed by atoms with Crippen molar-refractivity contribution in [1.82, 2.24) is 5.32 Å². The molecule has 0 heterocycles. The molecule has 0 unspecified atom stereocenters. The number of carbonyl (C=O) groups is 7. The van der Waals surface area contributed by atoms with E-state index in [1.165, 1.54) is 0 Å². The molecule has 0 aliphatic carbocycles. The Kier molecular flexibility index (Phi) is 17.1. The zero-order valence-electron chi connectivity index (χ0n) is 18.7. The van der Waals surface area contributed by atoms with Gasteiger partial charge in [-0.25, -0.2) is 9.18 Å². The predicted molar refractivity (Wildman–Crippen MR) is 113 cm³/mol. The van der Waals surface area contributed by atoms with Crippen LogP contribution in [0.15, 0.2) is 0 Å². The Morgan fingerprint density at radius 3 is 1.15 bits per heavy atom. The summed E-state index contributed by atoms with van der Waals surface area (Å²) >= 11 is 0. The number of nitrogens with one attached hydrogen (secondary N) is 1. The molecule has 0 aromatic carbocycles. The summed E-state index contributed by atoms with van der Waals surface area (Å²) in [6, 6.07) is 0. The number of rotatable bonds is 21. The van der Waals surface area contributed by atoms with Crippen LogP contribution >= 0.6 is 0 Å². The monoisotopic (exact) mass is 473 g/mol. The van der Waals surface area contributed by atoms with Crippen LogP contribution in [0.25, 0.3) is 0 Å². The van der Waals surface area contributed by atoms with Crippen LogP contribution in [0.3, 0.4) is 0 Å². The number of halogens is 1. The van der Waals surface area contributed by atoms with Gasteiger partial charge in [0, 0.05) is 90.2 Å². The molecule has 0 rings (SSSR count). The molecule has 1 amide bonds. The molecular weight excluding hydrogens is 441 g/mol. The Labute approximate surface area is 191 Å². The second-order valence-corrected chi connectivity index (χ2v) is 7.42. The maximum atomic E-state index is 11.9. The normalized spacial score (nSPS) is 10.4. The zero-order valence-corrected chi connectivity index (χ0v) is 18.7. The zero-order chi connectivity index (χ0) is 25.1. The Bertz CT molecular complexity index is 706. The molecule has 0 aliphatic rings. The molecule has 10 nitrogen and oxygen atoms in total. The van der Waals surface area contributed by atoms with E-state index in [4.69, 9.17) is 5.11 Å². The number of ketones is 6. The van der Waals surface area contributed by atoms with Gasteiger partial charge in [0.15, 0.2) is 0 Å². The fraction of sp³-hybridized carbons (Fsp3) is 0.682. The van der Waals surface area contributed by atoms with Crippen LogP contribution in [0.4, 0.5) is 9.18 Å². The van der Waals surface area contributed by atoms with E-state index in [9.17, 15) is 38.0 Å².